The van der Waals surface area contributed by atoms with Gasteiger partial charge in [-0.1, -0.05) is 24.3 Å². The molecule has 0 saturated carbocycles. The van der Waals surface area contributed by atoms with E-state index in [1.165, 1.54) is 0 Å². The van der Waals surface area contributed by atoms with Crippen LogP contribution in [0.25, 0.3) is 10.8 Å². The van der Waals surface area contributed by atoms with Gasteiger partial charge in [0.1, 0.15) is 11.8 Å². The molecule has 0 unspecified atom stereocenters. The molecule has 1 atom stereocenters. The summed E-state index contributed by atoms with van der Waals surface area (Å²) in [6.45, 7) is 1.18. The van der Waals surface area contributed by atoms with Crippen LogP contribution in [0.2, 0.25) is 0 Å². The average Bonchev–Trinajstić information content (AvgIpc) is 3.10. The van der Waals surface area contributed by atoms with Crippen molar-refractivity contribution in [2.75, 3.05) is 13.1 Å². The van der Waals surface area contributed by atoms with Crippen LogP contribution in [0.4, 0.5) is 0 Å². The third-order valence-electron chi connectivity index (χ3n) is 4.14. The Balaban J connectivity index is 1.51. The highest BCUT2D eigenvalue weighted by Crippen LogP contribution is 2.21. The molecule has 1 fully saturated rings. The van der Waals surface area contributed by atoms with Crippen LogP contribution < -0.4 is 4.74 Å². The van der Waals surface area contributed by atoms with E-state index in [4.69, 9.17) is 4.74 Å². The van der Waals surface area contributed by atoms with Gasteiger partial charge in [0.15, 0.2) is 0 Å². The second kappa shape index (κ2) is 6.23. The van der Waals surface area contributed by atoms with Crippen LogP contribution in [-0.2, 0) is 0 Å². The summed E-state index contributed by atoms with van der Waals surface area (Å²) >= 11 is 0. The molecule has 4 rings (SSSR count). The largest absolute Gasteiger partial charge is 0.471 e. The van der Waals surface area contributed by atoms with E-state index >= 15 is 0 Å². The van der Waals surface area contributed by atoms with Gasteiger partial charge >= 0.3 is 0 Å². The number of ether oxygens (including phenoxy) is 1. The van der Waals surface area contributed by atoms with Gasteiger partial charge in [0, 0.05) is 36.8 Å². The average molecular weight is 320 g/mol. The Labute approximate surface area is 139 Å². The second-order valence-corrected chi connectivity index (χ2v) is 5.72. The normalized spacial score (nSPS) is 17.2. The van der Waals surface area contributed by atoms with Crippen LogP contribution in [0.5, 0.6) is 5.88 Å². The lowest BCUT2D eigenvalue weighted by atomic mass is 10.1. The Bertz CT molecular complexity index is 864. The van der Waals surface area contributed by atoms with Crippen LogP contribution in [-0.4, -0.2) is 45.2 Å². The Hall–Kier alpha value is -3.02. The lowest BCUT2D eigenvalue weighted by Crippen LogP contribution is -2.31. The summed E-state index contributed by atoms with van der Waals surface area (Å²) < 4.78 is 5.79. The van der Waals surface area contributed by atoms with E-state index in [1.807, 2.05) is 30.3 Å². The van der Waals surface area contributed by atoms with Crippen LogP contribution in [0.15, 0.2) is 54.9 Å². The number of likely N-dealkylation sites (tertiary alicyclic amines) is 1. The van der Waals surface area contributed by atoms with Crippen molar-refractivity contribution in [3.8, 4) is 5.88 Å². The van der Waals surface area contributed by atoms with Gasteiger partial charge in [0.25, 0.3) is 5.91 Å². The van der Waals surface area contributed by atoms with Gasteiger partial charge in [-0.15, -0.1) is 5.10 Å². The van der Waals surface area contributed by atoms with Gasteiger partial charge in [-0.25, -0.2) is 0 Å². The molecule has 3 aromatic rings. The Morgan fingerprint density at radius 3 is 2.92 bits per heavy atom. The second-order valence-electron chi connectivity index (χ2n) is 5.72. The predicted molar refractivity (Wildman–Crippen MR) is 88.7 cm³/mol. The lowest BCUT2D eigenvalue weighted by molar-refractivity contribution is 0.0767. The maximum Gasteiger partial charge on any atom is 0.273 e. The zero-order valence-corrected chi connectivity index (χ0v) is 13.0. The lowest BCUT2D eigenvalue weighted by Gasteiger charge is -2.17. The predicted octanol–water partition coefficient (Wildman–Crippen LogP) is 2.32. The summed E-state index contributed by atoms with van der Waals surface area (Å²) in [6, 6.07) is 13.2. The molecule has 1 saturated heterocycles. The summed E-state index contributed by atoms with van der Waals surface area (Å²) in [7, 11) is 0. The first kappa shape index (κ1) is 14.6. The molecular weight excluding hydrogens is 304 g/mol. The minimum absolute atomic E-state index is 0.0583. The van der Waals surface area contributed by atoms with E-state index in [9.17, 15) is 4.79 Å². The molecule has 0 radical (unpaired) electrons. The first-order chi connectivity index (χ1) is 11.8. The first-order valence-electron chi connectivity index (χ1n) is 7.88. The fourth-order valence-corrected chi connectivity index (χ4v) is 2.97. The molecule has 1 aliphatic heterocycles. The summed E-state index contributed by atoms with van der Waals surface area (Å²) in [4.78, 5) is 18.9. The number of hydrogen-bond donors (Lipinski definition) is 0. The number of amides is 1. The smallest absolute Gasteiger partial charge is 0.273 e. The van der Waals surface area contributed by atoms with E-state index in [-0.39, 0.29) is 12.0 Å². The van der Waals surface area contributed by atoms with Crippen molar-refractivity contribution in [2.24, 2.45) is 0 Å². The first-order valence-corrected chi connectivity index (χ1v) is 7.88. The molecule has 1 aromatic carbocycles. The topological polar surface area (TPSA) is 68.2 Å². The van der Waals surface area contributed by atoms with Crippen molar-refractivity contribution in [3.05, 3.63) is 60.6 Å². The summed E-state index contributed by atoms with van der Waals surface area (Å²) in [6.07, 6.45) is 3.98. The maximum absolute atomic E-state index is 12.8. The standard InChI is InChI=1S/C18H16N4O2/c23-18(17-15-5-2-1-4-13(15)7-10-19-17)22-11-8-14(12-22)24-16-6-3-9-20-21-16/h1-7,9-10,14H,8,11-12H2/t14-/m1/s1. The van der Waals surface area contributed by atoms with Crippen molar-refractivity contribution in [1.82, 2.24) is 20.1 Å². The maximum atomic E-state index is 12.8. The van der Waals surface area contributed by atoms with E-state index < -0.39 is 0 Å². The number of rotatable bonds is 3. The van der Waals surface area contributed by atoms with Gasteiger partial charge in [-0.2, -0.15) is 5.10 Å². The number of aromatic nitrogens is 3. The number of hydrogen-bond acceptors (Lipinski definition) is 5. The SMILES string of the molecule is O=C(c1nccc2ccccc12)N1CC[C@@H](Oc2cccnn2)C1. The molecule has 3 heterocycles. The molecule has 24 heavy (non-hydrogen) atoms. The van der Waals surface area contributed by atoms with Gasteiger partial charge in [-0.05, 0) is 17.5 Å². The van der Waals surface area contributed by atoms with Crippen molar-refractivity contribution in [3.63, 3.8) is 0 Å². The highest BCUT2D eigenvalue weighted by molar-refractivity contribution is 6.05. The van der Waals surface area contributed by atoms with Gasteiger partial charge < -0.3 is 9.64 Å². The van der Waals surface area contributed by atoms with Crippen molar-refractivity contribution < 1.29 is 9.53 Å². The molecule has 1 aliphatic rings. The molecule has 0 spiro atoms. The Kier molecular flexibility index (Phi) is 3.78. The molecule has 6 nitrogen and oxygen atoms in total. The minimum atomic E-state index is -0.0689. The number of carbonyl (C=O) groups is 1. The zero-order valence-electron chi connectivity index (χ0n) is 13.0. The fraction of sp³-hybridized carbons (Fsp3) is 0.222. The third kappa shape index (κ3) is 2.78. The zero-order chi connectivity index (χ0) is 16.4. The molecule has 2 aromatic heterocycles. The summed E-state index contributed by atoms with van der Waals surface area (Å²) in [5.41, 5.74) is 0.494. The number of fused-ring (bicyclic) bond motifs is 1. The minimum Gasteiger partial charge on any atom is -0.471 e. The van der Waals surface area contributed by atoms with Crippen LogP contribution in [0.1, 0.15) is 16.9 Å². The Morgan fingerprint density at radius 1 is 1.12 bits per heavy atom. The highest BCUT2D eigenvalue weighted by atomic mass is 16.5. The summed E-state index contributed by atoms with van der Waals surface area (Å²) in [5.74, 6) is 0.428. The van der Waals surface area contributed by atoms with E-state index in [0.717, 1.165) is 17.2 Å². The van der Waals surface area contributed by atoms with E-state index in [0.29, 0.717) is 24.7 Å². The molecule has 0 N–H and O–H groups in total. The molecule has 120 valence electrons. The van der Waals surface area contributed by atoms with Crippen molar-refractivity contribution in [1.29, 1.82) is 0 Å². The van der Waals surface area contributed by atoms with Crippen molar-refractivity contribution in [2.45, 2.75) is 12.5 Å². The Morgan fingerprint density at radius 2 is 2.04 bits per heavy atom. The quantitative estimate of drug-likeness (QED) is 0.741. The molecule has 0 aliphatic carbocycles. The highest BCUT2D eigenvalue weighted by Gasteiger charge is 2.29. The monoisotopic (exact) mass is 320 g/mol. The molecular formula is C18H16N4O2. The molecule has 6 heteroatoms. The van der Waals surface area contributed by atoms with Gasteiger partial charge in [-0.3, -0.25) is 9.78 Å². The number of pyridine rings is 1. The molecule has 0 bridgehead atoms. The summed E-state index contributed by atoms with van der Waals surface area (Å²) in [5, 5.41) is 9.61. The number of nitrogens with zero attached hydrogens (tertiary/aromatic N) is 4. The van der Waals surface area contributed by atoms with E-state index in [1.54, 1.807) is 29.4 Å². The van der Waals surface area contributed by atoms with Crippen LogP contribution in [0.3, 0.4) is 0 Å². The third-order valence-corrected chi connectivity index (χ3v) is 4.14. The van der Waals surface area contributed by atoms with Crippen LogP contribution in [0, 0.1) is 0 Å². The number of carbonyl (C=O) groups excluding carboxylic acids is 1. The van der Waals surface area contributed by atoms with Crippen LogP contribution >= 0.6 is 0 Å². The van der Waals surface area contributed by atoms with E-state index in [2.05, 4.69) is 15.2 Å². The number of benzene rings is 1. The van der Waals surface area contributed by atoms with Gasteiger partial charge in [0.05, 0.1) is 6.54 Å². The fourth-order valence-electron chi connectivity index (χ4n) is 2.97. The van der Waals surface area contributed by atoms with Crippen molar-refractivity contribution >= 4 is 16.7 Å². The molecule has 1 amide bonds. The van der Waals surface area contributed by atoms with Gasteiger partial charge in [0.2, 0.25) is 5.88 Å².